The Bertz CT molecular complexity index is 1650. The number of hydrogen-bond donors (Lipinski definition) is 0. The summed E-state index contributed by atoms with van der Waals surface area (Å²) in [6.07, 6.45) is 8.02. The maximum Gasteiger partial charge on any atom is 0.335 e. The van der Waals surface area contributed by atoms with Crippen LogP contribution in [0.5, 0.6) is 0 Å². The zero-order valence-corrected chi connectivity index (χ0v) is 21.3. The first-order chi connectivity index (χ1) is 18.8. The van der Waals surface area contributed by atoms with Gasteiger partial charge in [0.1, 0.15) is 18.1 Å². The van der Waals surface area contributed by atoms with E-state index in [0.717, 1.165) is 12.8 Å². The van der Waals surface area contributed by atoms with E-state index in [1.807, 2.05) is 0 Å². The molecule has 0 radical (unpaired) electrons. The monoisotopic (exact) mass is 576 g/mol. The van der Waals surface area contributed by atoms with Gasteiger partial charge in [0.25, 0.3) is 0 Å². The lowest BCUT2D eigenvalue weighted by atomic mass is 10.0. The Morgan fingerprint density at radius 1 is 1.10 bits per heavy atom. The molecule has 0 amide bonds. The van der Waals surface area contributed by atoms with E-state index < -0.39 is 18.4 Å². The van der Waals surface area contributed by atoms with Gasteiger partial charge < -0.3 is 5.21 Å². The molecular weight excluding hydrogens is 560 g/mol. The minimum absolute atomic E-state index is 0.0495. The van der Waals surface area contributed by atoms with Gasteiger partial charge in [0, 0.05) is 17.8 Å². The molecule has 1 aliphatic rings. The quantitative estimate of drug-likeness (QED) is 0.195. The van der Waals surface area contributed by atoms with Gasteiger partial charge in [-0.15, -0.1) is 10.2 Å². The molecule has 200 valence electrons. The van der Waals surface area contributed by atoms with Gasteiger partial charge in [-0.3, -0.25) is 4.68 Å². The second-order valence-corrected chi connectivity index (χ2v) is 9.80. The lowest BCUT2D eigenvalue weighted by Crippen LogP contribution is -2.35. The molecule has 0 unspecified atom stereocenters. The summed E-state index contributed by atoms with van der Waals surface area (Å²) in [6.45, 7) is -2.95. The second kappa shape index (κ2) is 9.93. The van der Waals surface area contributed by atoms with Crippen LogP contribution in [0.4, 0.5) is 13.2 Å². The van der Waals surface area contributed by atoms with E-state index in [4.69, 9.17) is 23.2 Å². The fourth-order valence-electron chi connectivity index (χ4n) is 4.50. The van der Waals surface area contributed by atoms with Crippen LogP contribution in [-0.2, 0) is 0 Å². The molecule has 0 N–H and O–H groups in total. The lowest BCUT2D eigenvalue weighted by molar-refractivity contribution is -0.615. The highest BCUT2D eigenvalue weighted by Gasteiger charge is 2.33. The highest BCUT2D eigenvalue weighted by molar-refractivity contribution is 6.31. The number of hydrogen-bond acceptors (Lipinski definition) is 7. The summed E-state index contributed by atoms with van der Waals surface area (Å²) in [7, 11) is 0. The van der Waals surface area contributed by atoms with Gasteiger partial charge in [-0.05, 0) is 41.0 Å². The molecule has 0 spiro atoms. The molecule has 0 aliphatic heterocycles. The van der Waals surface area contributed by atoms with Crippen molar-refractivity contribution in [3.8, 4) is 28.1 Å². The number of pyridine rings is 1. The van der Waals surface area contributed by atoms with Crippen molar-refractivity contribution in [3.63, 3.8) is 0 Å². The van der Waals surface area contributed by atoms with E-state index in [1.165, 1.54) is 40.3 Å². The summed E-state index contributed by atoms with van der Waals surface area (Å²) >= 11 is 12.1. The SMILES string of the molecule is [O-][n+]1cc(-c2c(-n3cnnn3)ccc(Cl)c2F)ccc1[C@H](CC1CC1)n1cc(-c2c(Cl)nnn2C(F)F)cn1. The average molecular weight is 577 g/mol. The highest BCUT2D eigenvalue weighted by atomic mass is 35.5. The fourth-order valence-corrected chi connectivity index (χ4v) is 4.89. The lowest BCUT2D eigenvalue weighted by Gasteiger charge is -2.18. The van der Waals surface area contributed by atoms with Crippen molar-refractivity contribution < 1.29 is 17.9 Å². The van der Waals surface area contributed by atoms with Crippen molar-refractivity contribution in [2.45, 2.75) is 31.9 Å². The molecule has 4 aromatic heterocycles. The van der Waals surface area contributed by atoms with E-state index in [1.54, 1.807) is 18.2 Å². The van der Waals surface area contributed by atoms with Gasteiger partial charge >= 0.3 is 6.55 Å². The second-order valence-electron chi connectivity index (χ2n) is 9.03. The molecule has 1 aromatic carbocycles. The summed E-state index contributed by atoms with van der Waals surface area (Å²) in [6, 6.07) is 5.57. The number of rotatable bonds is 8. The summed E-state index contributed by atoms with van der Waals surface area (Å²) in [5.41, 5.74) is 1.12. The van der Waals surface area contributed by atoms with Crippen LogP contribution in [0.25, 0.3) is 28.1 Å². The van der Waals surface area contributed by atoms with Gasteiger partial charge in [0.05, 0.1) is 28.0 Å². The van der Waals surface area contributed by atoms with Gasteiger partial charge in [-0.25, -0.2) is 4.39 Å². The Balaban J connectivity index is 1.40. The third-order valence-electron chi connectivity index (χ3n) is 6.53. The largest absolute Gasteiger partial charge is 0.618 e. The number of halogens is 5. The highest BCUT2D eigenvalue weighted by Crippen LogP contribution is 2.40. The molecule has 4 heterocycles. The first-order valence-electron chi connectivity index (χ1n) is 11.7. The third kappa shape index (κ3) is 4.69. The minimum atomic E-state index is -2.95. The van der Waals surface area contributed by atoms with Crippen LogP contribution >= 0.6 is 23.2 Å². The standard InChI is InChI=1S/C23H17Cl2F3N10O/c24-15-4-6-17(36-11-29-32-34-36)19(20(15)26)13-3-5-16(37(39)10-13)18(7-12-1-2-12)35-9-14(8-30-35)21-22(25)31-33-38(21)23(27)28/h3-6,8-12,18,23H,1-2,7H2/t18-/m0/s1. The Morgan fingerprint density at radius 3 is 2.62 bits per heavy atom. The minimum Gasteiger partial charge on any atom is -0.618 e. The number of nitrogens with zero attached hydrogens (tertiary/aromatic N) is 10. The zero-order chi connectivity index (χ0) is 27.3. The van der Waals surface area contributed by atoms with E-state index >= 15 is 4.39 Å². The number of aromatic nitrogens is 10. The molecule has 16 heteroatoms. The normalized spacial score (nSPS) is 14.3. The van der Waals surface area contributed by atoms with Crippen molar-refractivity contribution in [1.29, 1.82) is 0 Å². The van der Waals surface area contributed by atoms with Crippen molar-refractivity contribution in [2.75, 3.05) is 0 Å². The summed E-state index contributed by atoms with van der Waals surface area (Å²) in [5, 5.41) is 35.3. The fraction of sp³-hybridized carbons (Fsp3) is 0.261. The topological polar surface area (TPSA) is 119 Å². The first-order valence-corrected chi connectivity index (χ1v) is 12.5. The Hall–Kier alpha value is -4.04. The average Bonchev–Trinajstić information content (AvgIpc) is 3.27. The maximum absolute atomic E-state index is 15.2. The van der Waals surface area contributed by atoms with Crippen LogP contribution in [0.15, 0.2) is 49.2 Å². The Labute approximate surface area is 228 Å². The zero-order valence-electron chi connectivity index (χ0n) is 19.7. The summed E-state index contributed by atoms with van der Waals surface area (Å²) in [4.78, 5) is 0. The van der Waals surface area contributed by atoms with Crippen LogP contribution < -0.4 is 4.73 Å². The van der Waals surface area contributed by atoms with Crippen molar-refractivity contribution in [3.05, 3.63) is 76.1 Å². The van der Waals surface area contributed by atoms with Crippen molar-refractivity contribution >= 4 is 23.2 Å². The van der Waals surface area contributed by atoms with E-state index in [-0.39, 0.29) is 32.6 Å². The van der Waals surface area contributed by atoms with Crippen LogP contribution in [-0.4, -0.2) is 45.0 Å². The Kier molecular flexibility index (Phi) is 6.43. The van der Waals surface area contributed by atoms with Crippen LogP contribution in [0.2, 0.25) is 10.2 Å². The molecule has 6 rings (SSSR count). The summed E-state index contributed by atoms with van der Waals surface area (Å²) < 4.78 is 45.9. The number of alkyl halides is 2. The maximum atomic E-state index is 15.2. The molecule has 0 bridgehead atoms. The summed E-state index contributed by atoms with van der Waals surface area (Å²) in [5.74, 6) is -0.360. The first kappa shape index (κ1) is 25.2. The van der Waals surface area contributed by atoms with Crippen LogP contribution in [0.3, 0.4) is 0 Å². The van der Waals surface area contributed by atoms with E-state index in [0.29, 0.717) is 33.1 Å². The predicted octanol–water partition coefficient (Wildman–Crippen LogP) is 4.65. The molecular formula is C23H17Cl2F3N10O. The van der Waals surface area contributed by atoms with Crippen LogP contribution in [0.1, 0.15) is 37.5 Å². The van der Waals surface area contributed by atoms with Gasteiger partial charge in [-0.1, -0.05) is 41.3 Å². The number of benzene rings is 1. The van der Waals surface area contributed by atoms with Crippen molar-refractivity contribution in [1.82, 2.24) is 45.0 Å². The smallest absolute Gasteiger partial charge is 0.335 e. The molecule has 11 nitrogen and oxygen atoms in total. The van der Waals surface area contributed by atoms with Crippen molar-refractivity contribution in [2.24, 2.45) is 5.92 Å². The molecule has 1 fully saturated rings. The third-order valence-corrected chi connectivity index (χ3v) is 7.08. The van der Waals surface area contributed by atoms with Gasteiger partial charge in [0.15, 0.2) is 17.2 Å². The van der Waals surface area contributed by atoms with E-state index in [2.05, 4.69) is 30.9 Å². The predicted molar refractivity (Wildman–Crippen MR) is 132 cm³/mol. The molecule has 39 heavy (non-hydrogen) atoms. The van der Waals surface area contributed by atoms with Crippen LogP contribution in [0, 0.1) is 16.9 Å². The molecule has 1 aliphatic carbocycles. The Morgan fingerprint density at radius 2 is 1.92 bits per heavy atom. The molecule has 0 saturated heterocycles. The number of tetrazole rings is 1. The molecule has 1 atom stereocenters. The van der Waals surface area contributed by atoms with Gasteiger partial charge in [0.2, 0.25) is 5.69 Å². The van der Waals surface area contributed by atoms with Gasteiger partial charge in [-0.2, -0.15) is 28.0 Å². The van der Waals surface area contributed by atoms with E-state index in [9.17, 15) is 14.0 Å². The molecule has 5 aromatic rings. The molecule has 1 saturated carbocycles.